The number of H-pyrrole nitrogens is 1. The second kappa shape index (κ2) is 21.0. The lowest BCUT2D eigenvalue weighted by Gasteiger charge is -2.39. The molecular weight excluding hydrogens is 870 g/mol. The first-order valence-corrected chi connectivity index (χ1v) is 23.3. The molecule has 4 atom stereocenters. The van der Waals surface area contributed by atoms with E-state index in [0.717, 1.165) is 33.2 Å². The van der Waals surface area contributed by atoms with Gasteiger partial charge in [0.15, 0.2) is 0 Å². The predicted molar refractivity (Wildman–Crippen MR) is 256 cm³/mol. The second-order valence-electron chi connectivity index (χ2n) is 16.6. The summed E-state index contributed by atoms with van der Waals surface area (Å²) in [6.07, 6.45) is 1.07. The molecule has 1 saturated heterocycles. The Morgan fingerprint density at radius 3 is 2.10 bits per heavy atom. The summed E-state index contributed by atoms with van der Waals surface area (Å²) in [7, 11) is 1.49. The van der Waals surface area contributed by atoms with Gasteiger partial charge in [-0.15, -0.1) is 5.10 Å². The first-order chi connectivity index (χ1) is 32.5. The Morgan fingerprint density at radius 2 is 1.46 bits per heavy atom. The van der Waals surface area contributed by atoms with Gasteiger partial charge in [0.1, 0.15) is 35.1 Å². The molecule has 0 amide bonds. The van der Waals surface area contributed by atoms with Crippen molar-refractivity contribution < 1.29 is 28.0 Å². The molecule has 1 aliphatic rings. The largest absolute Gasteiger partial charge is 0.497 e. The first-order valence-electron chi connectivity index (χ1n) is 22.2. The third-order valence-corrected chi connectivity index (χ3v) is 13.9. The number of ether oxygens (including phenoxy) is 4. The predicted octanol–water partition coefficient (Wildman–Crippen LogP) is 8.91. The summed E-state index contributed by atoms with van der Waals surface area (Å²) in [6.45, 7) is 8.40. The number of rotatable bonds is 19. The van der Waals surface area contributed by atoms with Gasteiger partial charge in [-0.25, -0.2) is 14.1 Å². The minimum atomic E-state index is -1.76. The van der Waals surface area contributed by atoms with E-state index in [4.69, 9.17) is 28.0 Å². The summed E-state index contributed by atoms with van der Waals surface area (Å²) >= 11 is 0. The lowest BCUT2D eigenvalue weighted by Crippen LogP contribution is -2.39. The van der Waals surface area contributed by atoms with E-state index in [1.54, 1.807) is 25.1 Å². The summed E-state index contributed by atoms with van der Waals surface area (Å²) in [5.74, 6) is 1.37. The van der Waals surface area contributed by atoms with E-state index in [0.29, 0.717) is 11.5 Å². The zero-order chi connectivity index (χ0) is 47.1. The molecule has 0 saturated carbocycles. The molecule has 7 aromatic rings. The number of aromatic nitrogens is 5. The van der Waals surface area contributed by atoms with E-state index in [9.17, 15) is 14.9 Å². The first kappa shape index (κ1) is 47.0. The van der Waals surface area contributed by atoms with Crippen LogP contribution in [0, 0.1) is 11.3 Å². The molecule has 15 nitrogen and oxygen atoms in total. The van der Waals surface area contributed by atoms with Gasteiger partial charge in [0.25, 0.3) is 14.1 Å². The number of nitriles is 1. The Morgan fingerprint density at radius 1 is 0.836 bits per heavy atom. The third kappa shape index (κ3) is 9.97. The molecule has 0 aliphatic carbocycles. The van der Waals surface area contributed by atoms with Crippen molar-refractivity contribution in [3.8, 4) is 34.5 Å². The number of nitrogens with one attached hydrogen (secondary N) is 1. The normalized spacial score (nSPS) is 16.7. The monoisotopic (exact) mass is 923 g/mol. The highest BCUT2D eigenvalue weighted by Gasteiger charge is 2.45. The number of methoxy groups -OCH3 is 2. The number of benzene rings is 5. The minimum Gasteiger partial charge on any atom is -0.497 e. The van der Waals surface area contributed by atoms with E-state index < -0.39 is 43.8 Å². The fourth-order valence-corrected chi connectivity index (χ4v) is 10.4. The van der Waals surface area contributed by atoms with Gasteiger partial charge < -0.3 is 28.0 Å². The average molecular weight is 924 g/mol. The lowest BCUT2D eigenvalue weighted by atomic mass is 9.80. The molecule has 1 unspecified atom stereocenters. The van der Waals surface area contributed by atoms with Gasteiger partial charge in [-0.05, 0) is 80.1 Å². The van der Waals surface area contributed by atoms with Crippen molar-refractivity contribution in [1.29, 1.82) is 5.26 Å². The number of aromatic amines is 1. The molecule has 1 aliphatic heterocycles. The zero-order valence-electron chi connectivity index (χ0n) is 38.3. The second-order valence-corrected chi connectivity index (χ2v) is 18.0. The molecule has 0 spiro atoms. The van der Waals surface area contributed by atoms with Gasteiger partial charge >= 0.3 is 5.69 Å². The van der Waals surface area contributed by atoms with Crippen LogP contribution >= 0.6 is 8.53 Å². The van der Waals surface area contributed by atoms with Gasteiger partial charge in [0.2, 0.25) is 0 Å². The van der Waals surface area contributed by atoms with Crippen molar-refractivity contribution in [3.05, 3.63) is 171 Å². The van der Waals surface area contributed by atoms with Crippen LogP contribution in [0.25, 0.3) is 27.7 Å². The summed E-state index contributed by atoms with van der Waals surface area (Å²) in [4.78, 5) is 30.0. The summed E-state index contributed by atoms with van der Waals surface area (Å²) in [5, 5.41) is 20.2. The van der Waals surface area contributed by atoms with Crippen molar-refractivity contribution in [3.63, 3.8) is 0 Å². The van der Waals surface area contributed by atoms with Crippen molar-refractivity contribution in [1.82, 2.24) is 29.2 Å². The molecule has 5 aromatic carbocycles. The lowest BCUT2D eigenvalue weighted by molar-refractivity contribution is -0.0925. The molecule has 0 bridgehead atoms. The van der Waals surface area contributed by atoms with E-state index >= 15 is 0 Å². The van der Waals surface area contributed by atoms with Crippen LogP contribution in [0.15, 0.2) is 143 Å². The van der Waals surface area contributed by atoms with Crippen LogP contribution in [0.2, 0.25) is 0 Å². The Labute approximate surface area is 390 Å². The van der Waals surface area contributed by atoms with Crippen molar-refractivity contribution >= 4 is 19.3 Å². The molecule has 0 radical (unpaired) electrons. The van der Waals surface area contributed by atoms with Crippen LogP contribution in [0.3, 0.4) is 0 Å². The Bertz CT molecular complexity index is 2850. The molecule has 346 valence electrons. The van der Waals surface area contributed by atoms with Crippen LogP contribution in [-0.2, 0) is 24.1 Å². The maximum Gasteiger partial charge on any atom is 0.330 e. The van der Waals surface area contributed by atoms with Gasteiger partial charge in [0, 0.05) is 30.1 Å². The minimum absolute atomic E-state index is 0.0172. The van der Waals surface area contributed by atoms with E-state index in [-0.39, 0.29) is 49.4 Å². The number of fused-ring (bicyclic) bond motifs is 1. The molecule has 1 fully saturated rings. The van der Waals surface area contributed by atoms with Crippen LogP contribution in [0.1, 0.15) is 63.5 Å². The summed E-state index contributed by atoms with van der Waals surface area (Å²) < 4.78 is 43.9. The Hall–Kier alpha value is -6.50. The van der Waals surface area contributed by atoms with Crippen molar-refractivity contribution in [2.24, 2.45) is 0 Å². The molecule has 2 aromatic heterocycles. The Balaban J connectivity index is 1.20. The smallest absolute Gasteiger partial charge is 0.330 e. The average Bonchev–Trinajstić information content (AvgIpc) is 4.00. The molecule has 8 rings (SSSR count). The molecule has 67 heavy (non-hydrogen) atoms. The number of hydrogen-bond acceptors (Lipinski definition) is 12. The van der Waals surface area contributed by atoms with Gasteiger partial charge in [-0.3, -0.25) is 14.3 Å². The maximum absolute atomic E-state index is 13.9. The maximum atomic E-state index is 13.9. The standard InChI is InChI=1S/C51H54N7O8P/c1-34(2)58(35(3)4)67(64-29-13-28-52)66-46-30-48(56-31-43(49(59)53-50(56)60)44-32-57(55-54-44)45-19-12-15-36-14-10-11-18-42(36)45)65-47(46)33-63-51(37-16-8-7-9-17-37,38-20-24-40(61-5)25-21-38)39-22-26-41(62-6)27-23-39/h7-12,14-27,31-32,34-35,46-48H,13,29-30,33H2,1-6H3,(H,53,59,60)/t46-,47+,48+,67?/m0/s1. The van der Waals surface area contributed by atoms with Crippen molar-refractivity contribution in [2.75, 3.05) is 27.4 Å². The van der Waals surface area contributed by atoms with Crippen LogP contribution in [-0.4, -0.2) is 80.9 Å². The molecule has 3 heterocycles. The zero-order valence-corrected chi connectivity index (χ0v) is 39.2. The highest BCUT2D eigenvalue weighted by molar-refractivity contribution is 7.44. The third-order valence-electron chi connectivity index (χ3n) is 11.8. The molecule has 1 N–H and O–H groups in total. The van der Waals surface area contributed by atoms with Gasteiger partial charge in [-0.1, -0.05) is 96.2 Å². The molecular formula is C51H54N7O8P. The van der Waals surface area contributed by atoms with E-state index in [1.165, 1.54) is 10.8 Å². The SMILES string of the molecule is COc1ccc(C(OC[C@H]2O[C@@H](n3cc(-c4cn(-c5cccc6ccccc56)nn4)c(=O)[nH]c3=O)C[C@@H]2OP(OCCC#N)N(C(C)C)C(C)C)(c2ccccc2)c2ccc(OC)cc2)cc1. The van der Waals surface area contributed by atoms with Crippen LogP contribution in [0.4, 0.5) is 0 Å². The Kier molecular flexibility index (Phi) is 14.7. The van der Waals surface area contributed by atoms with Gasteiger partial charge in [-0.2, -0.15) is 5.26 Å². The fourth-order valence-electron chi connectivity index (χ4n) is 8.62. The summed E-state index contributed by atoms with van der Waals surface area (Å²) in [6, 6.07) is 41.4. The highest BCUT2D eigenvalue weighted by atomic mass is 31.2. The van der Waals surface area contributed by atoms with E-state index in [1.807, 2.05) is 121 Å². The number of hydrogen-bond donors (Lipinski definition) is 1. The van der Waals surface area contributed by atoms with Crippen LogP contribution in [0.5, 0.6) is 11.5 Å². The topological polar surface area (TPSA) is 168 Å². The quantitative estimate of drug-likeness (QED) is 0.0465. The molecule has 16 heteroatoms. The van der Waals surface area contributed by atoms with Gasteiger partial charge in [0.05, 0.1) is 63.5 Å². The van der Waals surface area contributed by atoms with Crippen molar-refractivity contribution in [2.45, 2.75) is 76.7 Å². The van der Waals surface area contributed by atoms with Crippen LogP contribution < -0.4 is 20.7 Å². The van der Waals surface area contributed by atoms with E-state index in [2.05, 4.69) is 53.7 Å². The summed E-state index contributed by atoms with van der Waals surface area (Å²) in [5.41, 5.74) is 1.18. The fraction of sp³-hybridized carbons (Fsp3) is 0.314. The highest BCUT2D eigenvalue weighted by Crippen LogP contribution is 2.51. The number of nitrogens with zero attached hydrogens (tertiary/aromatic N) is 6.